The van der Waals surface area contributed by atoms with Crippen LogP contribution in [0.4, 0.5) is 11.6 Å². The van der Waals surface area contributed by atoms with Gasteiger partial charge in [0.1, 0.15) is 24.2 Å². The molecule has 0 saturated carbocycles. The van der Waals surface area contributed by atoms with E-state index in [9.17, 15) is 9.90 Å². The third-order valence-corrected chi connectivity index (χ3v) is 7.01. The molecule has 2 aromatic carbocycles. The summed E-state index contributed by atoms with van der Waals surface area (Å²) in [6.07, 6.45) is 2.84. The maximum Gasteiger partial charge on any atom is 0.273 e. The van der Waals surface area contributed by atoms with Gasteiger partial charge in [0, 0.05) is 6.42 Å². The molecule has 13 heteroatoms. The number of carbonyl (C=O) groups is 1. The van der Waals surface area contributed by atoms with E-state index in [1.54, 1.807) is 0 Å². The second-order valence-corrected chi connectivity index (χ2v) is 11.1. The summed E-state index contributed by atoms with van der Waals surface area (Å²) in [5, 5.41) is 21.0. The van der Waals surface area contributed by atoms with Crippen molar-refractivity contribution in [2.24, 2.45) is 0 Å². The molecule has 0 aliphatic carbocycles. The van der Waals surface area contributed by atoms with Gasteiger partial charge in [0.05, 0.1) is 46.9 Å². The number of nitrogens with two attached hydrogens (primary N) is 2. The molecule has 0 fully saturated rings. The number of aliphatic hydroxyl groups is 2. The zero-order valence-corrected chi connectivity index (χ0v) is 27.0. The number of hydrogen-bond donors (Lipinski definition) is 5. The Labute approximate surface area is 268 Å². The number of nitrogen functional groups attached to an aromatic ring is 2. The molecule has 0 saturated heterocycles. The Balaban J connectivity index is 0.00000645. The van der Waals surface area contributed by atoms with Crippen LogP contribution in [0.25, 0.3) is 0 Å². The SMILES string of the molecule is C[N+](C)(CCCc1ccc(OCCCc2ccc(OC[C@H](O)CO)cc2)cc1)CCNC(=O)c1nc(Cl)c(N)nc1N.[Br-]. The first kappa shape index (κ1) is 36.0. The highest BCUT2D eigenvalue weighted by Gasteiger charge is 2.18. The highest BCUT2D eigenvalue weighted by molar-refractivity contribution is 6.31. The van der Waals surface area contributed by atoms with E-state index < -0.39 is 12.0 Å². The fourth-order valence-corrected chi connectivity index (χ4v) is 4.33. The normalized spacial score (nSPS) is 11.8. The van der Waals surface area contributed by atoms with E-state index in [2.05, 4.69) is 41.5 Å². The lowest BCUT2D eigenvalue weighted by Gasteiger charge is -2.30. The van der Waals surface area contributed by atoms with Gasteiger partial charge in [-0.25, -0.2) is 9.97 Å². The minimum atomic E-state index is -0.874. The zero-order valence-electron chi connectivity index (χ0n) is 24.6. The molecule has 7 N–H and O–H groups in total. The Hall–Kier alpha value is -3.16. The van der Waals surface area contributed by atoms with Gasteiger partial charge in [-0.2, -0.15) is 0 Å². The van der Waals surface area contributed by atoms with Crippen molar-refractivity contribution in [1.29, 1.82) is 0 Å². The lowest BCUT2D eigenvalue weighted by Crippen LogP contribution is -3.00. The number of carbonyl (C=O) groups excluding carboxylic acids is 1. The third kappa shape index (κ3) is 12.5. The van der Waals surface area contributed by atoms with Crippen LogP contribution in [0, 0.1) is 0 Å². The molecule has 3 aromatic rings. The lowest BCUT2D eigenvalue weighted by molar-refractivity contribution is -0.889. The van der Waals surface area contributed by atoms with Crippen LogP contribution in [0.15, 0.2) is 48.5 Å². The van der Waals surface area contributed by atoms with Gasteiger partial charge >= 0.3 is 0 Å². The molecule has 0 bridgehead atoms. The molecule has 1 aromatic heterocycles. The van der Waals surface area contributed by atoms with Gasteiger partial charge in [-0.1, -0.05) is 35.9 Å². The van der Waals surface area contributed by atoms with Gasteiger partial charge in [0.25, 0.3) is 5.91 Å². The average molecular weight is 682 g/mol. The van der Waals surface area contributed by atoms with E-state index in [0.29, 0.717) is 18.9 Å². The zero-order chi connectivity index (χ0) is 30.5. The molecular formula is C30H42BrClN6O5. The molecule has 236 valence electrons. The Bertz CT molecular complexity index is 1280. The summed E-state index contributed by atoms with van der Waals surface area (Å²) in [5.41, 5.74) is 13.7. The smallest absolute Gasteiger partial charge is 0.273 e. The highest BCUT2D eigenvalue weighted by Crippen LogP contribution is 2.18. The van der Waals surface area contributed by atoms with E-state index in [0.717, 1.165) is 49.0 Å². The van der Waals surface area contributed by atoms with Crippen molar-refractivity contribution in [2.45, 2.75) is 31.8 Å². The molecule has 11 nitrogen and oxygen atoms in total. The quantitative estimate of drug-likeness (QED) is 0.0932. The molecule has 1 amide bonds. The molecular weight excluding hydrogens is 640 g/mol. The highest BCUT2D eigenvalue weighted by atomic mass is 79.9. The van der Waals surface area contributed by atoms with Gasteiger partial charge in [0.15, 0.2) is 22.5 Å². The summed E-state index contributed by atoms with van der Waals surface area (Å²) in [7, 11) is 4.26. The minimum absolute atomic E-state index is 0. The number of halogens is 2. The number of likely N-dealkylation sites (N-methyl/N-ethyl adjacent to an activating group) is 1. The van der Waals surface area contributed by atoms with Crippen molar-refractivity contribution in [3.8, 4) is 11.5 Å². The summed E-state index contributed by atoms with van der Waals surface area (Å²) in [6.45, 7) is 2.50. The first-order chi connectivity index (χ1) is 20.1. The van der Waals surface area contributed by atoms with Crippen molar-refractivity contribution in [1.82, 2.24) is 15.3 Å². The van der Waals surface area contributed by atoms with E-state index in [1.807, 2.05) is 36.4 Å². The Kier molecular flexibility index (Phi) is 14.9. The van der Waals surface area contributed by atoms with Gasteiger partial charge in [-0.15, -0.1) is 0 Å². The number of quaternary nitrogens is 1. The maximum absolute atomic E-state index is 12.4. The maximum atomic E-state index is 12.4. The molecule has 43 heavy (non-hydrogen) atoms. The van der Waals surface area contributed by atoms with Crippen LogP contribution in [-0.2, 0) is 12.8 Å². The molecule has 3 rings (SSSR count). The number of aliphatic hydroxyl groups excluding tert-OH is 2. The minimum Gasteiger partial charge on any atom is -1.00 e. The van der Waals surface area contributed by atoms with E-state index in [-0.39, 0.29) is 52.7 Å². The van der Waals surface area contributed by atoms with E-state index in [1.165, 1.54) is 11.1 Å². The van der Waals surface area contributed by atoms with Crippen LogP contribution in [0.1, 0.15) is 34.5 Å². The number of aryl methyl sites for hydroxylation is 2. The predicted molar refractivity (Wildman–Crippen MR) is 164 cm³/mol. The fraction of sp³-hybridized carbons (Fsp3) is 0.433. The number of aromatic nitrogens is 2. The fourth-order valence-electron chi connectivity index (χ4n) is 4.20. The monoisotopic (exact) mass is 680 g/mol. The van der Waals surface area contributed by atoms with E-state index in [4.69, 9.17) is 37.6 Å². The van der Waals surface area contributed by atoms with Crippen LogP contribution in [-0.4, -0.2) is 90.2 Å². The Morgan fingerprint density at radius 3 is 2.12 bits per heavy atom. The molecule has 0 spiro atoms. The molecule has 0 unspecified atom stereocenters. The van der Waals surface area contributed by atoms with Gasteiger partial charge in [-0.3, -0.25) is 4.79 Å². The predicted octanol–water partition coefficient (Wildman–Crippen LogP) is -0.519. The van der Waals surface area contributed by atoms with Crippen LogP contribution >= 0.6 is 11.6 Å². The van der Waals surface area contributed by atoms with Gasteiger partial charge in [0.2, 0.25) is 0 Å². The van der Waals surface area contributed by atoms with Crippen molar-refractivity contribution >= 4 is 29.1 Å². The topological polar surface area (TPSA) is 166 Å². The number of amides is 1. The lowest BCUT2D eigenvalue weighted by atomic mass is 10.1. The molecule has 1 heterocycles. The van der Waals surface area contributed by atoms with Crippen LogP contribution < -0.4 is 43.2 Å². The first-order valence-electron chi connectivity index (χ1n) is 14.0. The van der Waals surface area contributed by atoms with Crippen LogP contribution in [0.2, 0.25) is 5.15 Å². The number of nitrogens with zero attached hydrogens (tertiary/aromatic N) is 3. The Morgan fingerprint density at radius 2 is 1.51 bits per heavy atom. The van der Waals surface area contributed by atoms with Crippen LogP contribution in [0.3, 0.4) is 0 Å². The summed E-state index contributed by atoms with van der Waals surface area (Å²) in [6, 6.07) is 15.9. The molecule has 0 radical (unpaired) electrons. The summed E-state index contributed by atoms with van der Waals surface area (Å²) in [5.74, 6) is 1.03. The third-order valence-electron chi connectivity index (χ3n) is 6.73. The van der Waals surface area contributed by atoms with Crippen molar-refractivity contribution in [2.75, 3.05) is 65.0 Å². The molecule has 0 aliphatic rings. The van der Waals surface area contributed by atoms with Gasteiger partial charge < -0.3 is 57.9 Å². The Morgan fingerprint density at radius 1 is 0.930 bits per heavy atom. The number of ether oxygens (including phenoxy) is 2. The number of rotatable bonds is 17. The number of benzene rings is 2. The summed E-state index contributed by atoms with van der Waals surface area (Å²) >= 11 is 5.87. The first-order valence-corrected chi connectivity index (χ1v) is 14.3. The number of nitrogens with one attached hydrogen (secondary N) is 1. The van der Waals surface area contributed by atoms with Crippen LogP contribution in [0.5, 0.6) is 11.5 Å². The van der Waals surface area contributed by atoms with Crippen molar-refractivity contribution < 1.29 is 45.9 Å². The molecule has 1 atom stereocenters. The van der Waals surface area contributed by atoms with Crippen molar-refractivity contribution in [3.05, 3.63) is 70.5 Å². The summed E-state index contributed by atoms with van der Waals surface area (Å²) < 4.78 is 12.1. The largest absolute Gasteiger partial charge is 1.00 e. The average Bonchev–Trinajstić information content (AvgIpc) is 2.97. The second kappa shape index (κ2) is 17.8. The number of anilines is 2. The molecule has 0 aliphatic heterocycles. The summed E-state index contributed by atoms with van der Waals surface area (Å²) in [4.78, 5) is 20.2. The standard InChI is InChI=1S/C30H41ClN6O5.BrH/c1-37(2,17-15-34-30(40)26-28(32)36-29(33)27(31)35-26)16-3-5-21-7-11-24(12-8-21)41-18-4-6-22-9-13-25(14-10-22)42-20-23(39)19-38;/h7-14,23,38-39H,3-6,15-20H2,1-2H3,(H4-,32,33,34,36,40);1H/t23-;/m1./s1. The number of hydrogen-bond acceptors (Lipinski definition) is 9. The second-order valence-electron chi connectivity index (χ2n) is 10.8. The van der Waals surface area contributed by atoms with E-state index >= 15 is 0 Å². The van der Waals surface area contributed by atoms with Gasteiger partial charge in [-0.05, 0) is 54.7 Å². The van der Waals surface area contributed by atoms with Crippen molar-refractivity contribution in [3.63, 3.8) is 0 Å².